The number of pyridine rings is 1. The van der Waals surface area contributed by atoms with Crippen molar-refractivity contribution in [3.05, 3.63) is 76.0 Å². The summed E-state index contributed by atoms with van der Waals surface area (Å²) in [7, 11) is 0. The summed E-state index contributed by atoms with van der Waals surface area (Å²) in [6.07, 6.45) is 1.46. The fraction of sp³-hybridized carbons (Fsp3) is 0.269. The van der Waals surface area contributed by atoms with Crippen LogP contribution < -0.4 is 5.73 Å². The molecule has 4 heterocycles. The van der Waals surface area contributed by atoms with E-state index in [0.717, 1.165) is 11.3 Å². The standard InChI is InChI=1S/C26H23FN4O6S/c1-3-34-25(33)17-13-29-18(12-26(35-10-11-36-26)15-4-6-16(27)7-5-15)22(24-31-30-14(2)37-24)21(17)19-8-9-20(38-19)23(28)32/h4-9,13H,3,10-12H2,1-2H3,(H2,28,32). The molecule has 0 spiro atoms. The first kappa shape index (κ1) is 25.6. The van der Waals surface area contributed by atoms with E-state index >= 15 is 0 Å². The molecule has 0 saturated carbocycles. The first-order valence-corrected chi connectivity index (χ1v) is 12.6. The summed E-state index contributed by atoms with van der Waals surface area (Å²) >= 11 is 1.10. The number of carbonyl (C=O) groups is 2. The summed E-state index contributed by atoms with van der Waals surface area (Å²) in [4.78, 5) is 30.3. The zero-order valence-electron chi connectivity index (χ0n) is 20.5. The van der Waals surface area contributed by atoms with Crippen LogP contribution in [0.15, 0.2) is 47.0 Å². The third kappa shape index (κ3) is 4.80. The van der Waals surface area contributed by atoms with Crippen molar-refractivity contribution in [1.29, 1.82) is 0 Å². The quantitative estimate of drug-likeness (QED) is 0.329. The zero-order valence-corrected chi connectivity index (χ0v) is 21.3. The lowest BCUT2D eigenvalue weighted by molar-refractivity contribution is -0.165. The number of thiophene rings is 1. The van der Waals surface area contributed by atoms with E-state index in [2.05, 4.69) is 15.2 Å². The van der Waals surface area contributed by atoms with Crippen LogP contribution in [0.25, 0.3) is 21.9 Å². The van der Waals surface area contributed by atoms with Crippen LogP contribution in [0.2, 0.25) is 0 Å². The van der Waals surface area contributed by atoms with Crippen molar-refractivity contribution in [3.63, 3.8) is 0 Å². The van der Waals surface area contributed by atoms with E-state index in [0.29, 0.717) is 51.2 Å². The Labute approximate surface area is 220 Å². The van der Waals surface area contributed by atoms with Crippen LogP contribution in [0.1, 0.15) is 44.1 Å². The van der Waals surface area contributed by atoms with Gasteiger partial charge in [-0.05, 0) is 31.2 Å². The van der Waals surface area contributed by atoms with E-state index in [1.165, 1.54) is 18.3 Å². The van der Waals surface area contributed by atoms with Gasteiger partial charge < -0.3 is 24.4 Å². The lowest BCUT2D eigenvalue weighted by atomic mass is 9.93. The number of primary amides is 1. The van der Waals surface area contributed by atoms with Gasteiger partial charge in [0.1, 0.15) is 5.82 Å². The maximum Gasteiger partial charge on any atom is 0.340 e. The number of esters is 1. The average molecular weight is 539 g/mol. The van der Waals surface area contributed by atoms with E-state index in [1.54, 1.807) is 38.1 Å². The van der Waals surface area contributed by atoms with Gasteiger partial charge in [-0.3, -0.25) is 9.78 Å². The van der Waals surface area contributed by atoms with Crippen LogP contribution in [0, 0.1) is 12.7 Å². The topological polar surface area (TPSA) is 140 Å². The van der Waals surface area contributed by atoms with Gasteiger partial charge in [-0.1, -0.05) is 12.1 Å². The first-order chi connectivity index (χ1) is 18.3. The van der Waals surface area contributed by atoms with Gasteiger partial charge in [-0.25, -0.2) is 9.18 Å². The second kappa shape index (κ2) is 10.4. The molecule has 1 saturated heterocycles. The largest absolute Gasteiger partial charge is 0.462 e. The third-order valence-electron chi connectivity index (χ3n) is 5.93. The predicted octanol–water partition coefficient (Wildman–Crippen LogP) is 4.03. The molecule has 1 fully saturated rings. The molecule has 10 nitrogen and oxygen atoms in total. The molecule has 38 heavy (non-hydrogen) atoms. The number of aromatic nitrogens is 3. The lowest BCUT2D eigenvalue weighted by Gasteiger charge is -2.28. The number of hydrogen-bond donors (Lipinski definition) is 1. The Balaban J connectivity index is 1.75. The molecule has 0 atom stereocenters. The van der Waals surface area contributed by atoms with Gasteiger partial charge in [0.05, 0.1) is 41.5 Å². The first-order valence-electron chi connectivity index (χ1n) is 11.7. The minimum atomic E-state index is -1.28. The van der Waals surface area contributed by atoms with Crippen molar-refractivity contribution in [1.82, 2.24) is 15.2 Å². The van der Waals surface area contributed by atoms with Gasteiger partial charge in [0.25, 0.3) is 5.91 Å². The van der Waals surface area contributed by atoms with Crippen molar-refractivity contribution >= 4 is 23.2 Å². The molecule has 1 aliphatic rings. The molecule has 1 aromatic carbocycles. The van der Waals surface area contributed by atoms with Crippen LogP contribution in [0.3, 0.4) is 0 Å². The zero-order chi connectivity index (χ0) is 26.9. The molecule has 4 aromatic rings. The van der Waals surface area contributed by atoms with Gasteiger partial charge in [0.15, 0.2) is 0 Å². The SMILES string of the molecule is CCOC(=O)c1cnc(CC2(c3ccc(F)cc3)OCCO2)c(-c2nnc(C)o2)c1-c1ccc(C(N)=O)s1. The summed E-state index contributed by atoms with van der Waals surface area (Å²) < 4.78 is 36.9. The number of benzene rings is 1. The van der Waals surface area contributed by atoms with Crippen molar-refractivity contribution < 1.29 is 32.6 Å². The fourth-order valence-corrected chi connectivity index (χ4v) is 5.21. The molecular formula is C26H23FN4O6S. The molecule has 3 aromatic heterocycles. The minimum absolute atomic E-state index is 0.0690. The smallest absolute Gasteiger partial charge is 0.340 e. The van der Waals surface area contributed by atoms with E-state index in [4.69, 9.17) is 24.4 Å². The Kier molecular flexibility index (Phi) is 7.02. The summed E-state index contributed by atoms with van der Waals surface area (Å²) in [5.74, 6) is -2.50. The summed E-state index contributed by atoms with van der Waals surface area (Å²) in [5, 5.41) is 8.17. The number of rotatable bonds is 8. The van der Waals surface area contributed by atoms with Crippen LogP contribution in [-0.4, -0.2) is 46.9 Å². The highest BCUT2D eigenvalue weighted by Crippen LogP contribution is 2.43. The number of hydrogen-bond acceptors (Lipinski definition) is 10. The fourth-order valence-electron chi connectivity index (χ4n) is 4.29. The number of nitrogens with two attached hydrogens (primary N) is 1. The Morgan fingerprint density at radius 2 is 1.84 bits per heavy atom. The number of amides is 1. The van der Waals surface area contributed by atoms with E-state index in [9.17, 15) is 14.0 Å². The average Bonchev–Trinajstić information content (AvgIpc) is 3.66. The molecular weight excluding hydrogens is 515 g/mol. The van der Waals surface area contributed by atoms with Crippen molar-refractivity contribution in [2.24, 2.45) is 5.73 Å². The molecule has 1 amide bonds. The monoisotopic (exact) mass is 538 g/mol. The molecule has 1 aliphatic heterocycles. The highest BCUT2D eigenvalue weighted by atomic mass is 32.1. The number of halogens is 1. The maximum absolute atomic E-state index is 13.7. The molecule has 0 unspecified atom stereocenters. The summed E-state index contributed by atoms with van der Waals surface area (Å²) in [6.45, 7) is 4.10. The number of aryl methyl sites for hydroxylation is 1. The van der Waals surface area contributed by atoms with Crippen molar-refractivity contribution in [2.75, 3.05) is 19.8 Å². The Morgan fingerprint density at radius 1 is 1.11 bits per heavy atom. The van der Waals surface area contributed by atoms with Gasteiger partial charge in [-0.2, -0.15) is 0 Å². The molecule has 0 aliphatic carbocycles. The van der Waals surface area contributed by atoms with Crippen molar-refractivity contribution in [3.8, 4) is 21.9 Å². The van der Waals surface area contributed by atoms with Crippen LogP contribution in [0.4, 0.5) is 4.39 Å². The van der Waals surface area contributed by atoms with E-state index in [-0.39, 0.29) is 24.5 Å². The van der Waals surface area contributed by atoms with Gasteiger partial charge in [-0.15, -0.1) is 21.5 Å². The third-order valence-corrected chi connectivity index (χ3v) is 7.04. The minimum Gasteiger partial charge on any atom is -0.462 e. The van der Waals surface area contributed by atoms with Gasteiger partial charge >= 0.3 is 5.97 Å². The molecule has 2 N–H and O–H groups in total. The Morgan fingerprint density at radius 3 is 2.45 bits per heavy atom. The lowest BCUT2D eigenvalue weighted by Crippen LogP contribution is -2.31. The Bertz CT molecular complexity index is 1490. The van der Waals surface area contributed by atoms with Crippen LogP contribution in [0.5, 0.6) is 0 Å². The molecule has 0 bridgehead atoms. The Hall–Kier alpha value is -4.00. The molecule has 5 rings (SSSR count). The highest BCUT2D eigenvalue weighted by Gasteiger charge is 2.41. The second-order valence-electron chi connectivity index (χ2n) is 8.38. The summed E-state index contributed by atoms with van der Waals surface area (Å²) in [6, 6.07) is 9.07. The van der Waals surface area contributed by atoms with Gasteiger partial charge in [0, 0.05) is 35.5 Å². The van der Waals surface area contributed by atoms with Crippen LogP contribution in [-0.2, 0) is 26.4 Å². The molecule has 196 valence electrons. The second-order valence-corrected chi connectivity index (χ2v) is 9.46. The van der Waals surface area contributed by atoms with Gasteiger partial charge in [0.2, 0.25) is 17.6 Å². The predicted molar refractivity (Wildman–Crippen MR) is 134 cm³/mol. The number of nitrogens with zero attached hydrogens (tertiary/aromatic N) is 3. The van der Waals surface area contributed by atoms with E-state index in [1.807, 2.05) is 0 Å². The number of carbonyl (C=O) groups excluding carboxylic acids is 2. The normalized spacial score (nSPS) is 14.5. The van der Waals surface area contributed by atoms with Crippen molar-refractivity contribution in [2.45, 2.75) is 26.1 Å². The summed E-state index contributed by atoms with van der Waals surface area (Å²) in [5.41, 5.74) is 7.40. The number of ether oxygens (including phenoxy) is 3. The van der Waals surface area contributed by atoms with E-state index < -0.39 is 23.5 Å². The highest BCUT2D eigenvalue weighted by molar-refractivity contribution is 7.17. The maximum atomic E-state index is 13.7. The molecule has 0 radical (unpaired) electrons. The molecule has 12 heteroatoms. The van der Waals surface area contributed by atoms with Crippen LogP contribution >= 0.6 is 11.3 Å².